The van der Waals surface area contributed by atoms with Gasteiger partial charge in [0.2, 0.25) is 15.9 Å². The van der Waals surface area contributed by atoms with Crippen molar-refractivity contribution < 1.29 is 13.2 Å². The van der Waals surface area contributed by atoms with Crippen LogP contribution in [0.25, 0.3) is 0 Å². The van der Waals surface area contributed by atoms with E-state index in [2.05, 4.69) is 4.72 Å². The summed E-state index contributed by atoms with van der Waals surface area (Å²) in [6, 6.07) is 16.6. The number of amides is 1. The molecule has 1 amide bonds. The van der Waals surface area contributed by atoms with E-state index < -0.39 is 10.0 Å². The Morgan fingerprint density at radius 1 is 0.962 bits per heavy atom. The molecule has 0 bridgehead atoms. The first-order chi connectivity index (χ1) is 12.6. The average Bonchev–Trinajstić information content (AvgIpc) is 2.67. The lowest BCUT2D eigenvalue weighted by atomic mass is 10.1. The van der Waals surface area contributed by atoms with Gasteiger partial charge in [-0.2, -0.15) is 0 Å². The van der Waals surface area contributed by atoms with Crippen molar-refractivity contribution in [1.82, 2.24) is 4.72 Å². The predicted octanol–water partition coefficient (Wildman–Crippen LogP) is 3.11. The summed E-state index contributed by atoms with van der Waals surface area (Å²) in [7, 11) is -3.53. The van der Waals surface area contributed by atoms with Gasteiger partial charge in [0.15, 0.2) is 0 Å². The van der Waals surface area contributed by atoms with Gasteiger partial charge in [-0.15, -0.1) is 0 Å². The fourth-order valence-corrected chi connectivity index (χ4v) is 4.19. The maximum Gasteiger partial charge on any atom is 0.240 e. The lowest BCUT2D eigenvalue weighted by molar-refractivity contribution is -0.119. The van der Waals surface area contributed by atoms with Crippen molar-refractivity contribution in [2.45, 2.75) is 37.0 Å². The predicted molar refractivity (Wildman–Crippen MR) is 103 cm³/mol. The molecule has 3 rings (SSSR count). The molecular formula is C20H24N2O3S. The Labute approximate surface area is 155 Å². The van der Waals surface area contributed by atoms with Gasteiger partial charge in [-0.25, -0.2) is 13.1 Å². The number of anilines is 1. The Kier molecular flexibility index (Phi) is 6.06. The van der Waals surface area contributed by atoms with Gasteiger partial charge in [-0.05, 0) is 55.5 Å². The van der Waals surface area contributed by atoms with Crippen LogP contribution in [0.5, 0.6) is 0 Å². The number of piperidine rings is 1. The molecule has 0 aromatic heterocycles. The Balaban J connectivity index is 1.56. The standard InChI is InChI=1S/C20H24N2O3S/c23-20-10-4-5-16-22(20)18-11-13-19(14-12-18)26(24,25)21-15-6-9-17-7-2-1-3-8-17/h1-3,7-8,11-14,21H,4-6,9-10,15-16H2. The lowest BCUT2D eigenvalue weighted by Crippen LogP contribution is -2.35. The zero-order chi connectivity index (χ0) is 18.4. The van der Waals surface area contributed by atoms with Crippen LogP contribution < -0.4 is 9.62 Å². The van der Waals surface area contributed by atoms with E-state index in [4.69, 9.17) is 0 Å². The van der Waals surface area contributed by atoms with E-state index in [0.29, 0.717) is 19.5 Å². The van der Waals surface area contributed by atoms with Gasteiger partial charge < -0.3 is 4.90 Å². The zero-order valence-corrected chi connectivity index (χ0v) is 15.5. The largest absolute Gasteiger partial charge is 0.312 e. The summed E-state index contributed by atoms with van der Waals surface area (Å²) in [6.45, 7) is 1.09. The second-order valence-corrected chi connectivity index (χ2v) is 8.25. The van der Waals surface area contributed by atoms with Crippen LogP contribution in [0, 0.1) is 0 Å². The number of sulfonamides is 1. The summed E-state index contributed by atoms with van der Waals surface area (Å²) in [5, 5.41) is 0. The smallest absolute Gasteiger partial charge is 0.240 e. The van der Waals surface area contributed by atoms with Gasteiger partial charge in [-0.3, -0.25) is 4.79 Å². The van der Waals surface area contributed by atoms with Crippen molar-refractivity contribution in [2.75, 3.05) is 18.0 Å². The van der Waals surface area contributed by atoms with Gasteiger partial charge in [-0.1, -0.05) is 30.3 Å². The van der Waals surface area contributed by atoms with Crippen molar-refractivity contribution in [3.05, 3.63) is 60.2 Å². The van der Waals surface area contributed by atoms with Gasteiger partial charge in [0.05, 0.1) is 4.90 Å². The van der Waals surface area contributed by atoms with Gasteiger partial charge >= 0.3 is 0 Å². The molecule has 0 radical (unpaired) electrons. The van der Waals surface area contributed by atoms with Crippen molar-refractivity contribution in [3.8, 4) is 0 Å². The molecule has 1 aliphatic rings. The number of aryl methyl sites for hydroxylation is 1. The highest BCUT2D eigenvalue weighted by Gasteiger charge is 2.20. The van der Waals surface area contributed by atoms with Crippen molar-refractivity contribution in [1.29, 1.82) is 0 Å². The third kappa shape index (κ3) is 4.71. The fourth-order valence-electron chi connectivity index (χ4n) is 3.11. The second kappa shape index (κ2) is 8.47. The summed E-state index contributed by atoms with van der Waals surface area (Å²) in [5.41, 5.74) is 1.96. The third-order valence-corrected chi connectivity index (χ3v) is 6.04. The molecule has 26 heavy (non-hydrogen) atoms. The van der Waals surface area contributed by atoms with E-state index >= 15 is 0 Å². The molecule has 6 heteroatoms. The molecule has 2 aromatic carbocycles. The van der Waals surface area contributed by atoms with Crippen LogP contribution >= 0.6 is 0 Å². The van der Waals surface area contributed by atoms with Crippen LogP contribution in [0.4, 0.5) is 5.69 Å². The van der Waals surface area contributed by atoms with Gasteiger partial charge in [0.25, 0.3) is 0 Å². The van der Waals surface area contributed by atoms with Crippen LogP contribution in [0.3, 0.4) is 0 Å². The molecule has 0 atom stereocenters. The van der Waals surface area contributed by atoms with Crippen LogP contribution in [0.1, 0.15) is 31.2 Å². The van der Waals surface area contributed by atoms with E-state index in [-0.39, 0.29) is 10.8 Å². The number of carbonyl (C=O) groups excluding carboxylic acids is 1. The lowest BCUT2D eigenvalue weighted by Gasteiger charge is -2.26. The number of hydrogen-bond donors (Lipinski definition) is 1. The molecule has 1 fully saturated rings. The van der Waals surface area contributed by atoms with Crippen LogP contribution in [-0.4, -0.2) is 27.4 Å². The highest BCUT2D eigenvalue weighted by atomic mass is 32.2. The number of nitrogens with zero attached hydrogens (tertiary/aromatic N) is 1. The minimum Gasteiger partial charge on any atom is -0.312 e. The molecule has 0 aliphatic carbocycles. The first kappa shape index (κ1) is 18.6. The summed E-state index contributed by atoms with van der Waals surface area (Å²) < 4.78 is 27.5. The first-order valence-electron chi connectivity index (χ1n) is 9.00. The number of benzene rings is 2. The van der Waals surface area contributed by atoms with E-state index in [1.165, 1.54) is 5.56 Å². The molecule has 1 saturated heterocycles. The Bertz CT molecular complexity index is 833. The highest BCUT2D eigenvalue weighted by molar-refractivity contribution is 7.89. The summed E-state index contributed by atoms with van der Waals surface area (Å²) in [6.07, 6.45) is 4.04. The van der Waals surface area contributed by atoms with Crippen LogP contribution in [-0.2, 0) is 21.2 Å². The van der Waals surface area contributed by atoms with Crippen molar-refractivity contribution in [2.24, 2.45) is 0 Å². The number of carbonyl (C=O) groups is 1. The Morgan fingerprint density at radius 3 is 2.38 bits per heavy atom. The number of rotatable bonds is 7. The molecule has 2 aromatic rings. The molecule has 1 heterocycles. The molecule has 0 spiro atoms. The summed E-state index contributed by atoms with van der Waals surface area (Å²) >= 11 is 0. The van der Waals surface area contributed by atoms with E-state index in [0.717, 1.165) is 31.4 Å². The van der Waals surface area contributed by atoms with Crippen molar-refractivity contribution >= 4 is 21.6 Å². The first-order valence-corrected chi connectivity index (χ1v) is 10.5. The Morgan fingerprint density at radius 2 is 1.69 bits per heavy atom. The van der Waals surface area contributed by atoms with Crippen molar-refractivity contribution in [3.63, 3.8) is 0 Å². The minimum atomic E-state index is -3.53. The third-order valence-electron chi connectivity index (χ3n) is 4.56. The van der Waals surface area contributed by atoms with E-state index in [1.54, 1.807) is 29.2 Å². The van der Waals surface area contributed by atoms with Gasteiger partial charge in [0.1, 0.15) is 0 Å². The van der Waals surface area contributed by atoms with Gasteiger partial charge in [0, 0.05) is 25.2 Å². The zero-order valence-electron chi connectivity index (χ0n) is 14.7. The quantitative estimate of drug-likeness (QED) is 0.760. The summed E-state index contributed by atoms with van der Waals surface area (Å²) in [5.74, 6) is 0.103. The molecular weight excluding hydrogens is 348 g/mol. The molecule has 1 aliphatic heterocycles. The number of nitrogens with one attached hydrogen (secondary N) is 1. The van der Waals surface area contributed by atoms with Crippen LogP contribution in [0.15, 0.2) is 59.5 Å². The number of hydrogen-bond acceptors (Lipinski definition) is 3. The molecule has 0 unspecified atom stereocenters. The fraction of sp³-hybridized carbons (Fsp3) is 0.350. The summed E-state index contributed by atoms with van der Waals surface area (Å²) in [4.78, 5) is 13.9. The van der Waals surface area contributed by atoms with E-state index in [9.17, 15) is 13.2 Å². The molecule has 0 saturated carbocycles. The maximum atomic E-state index is 12.4. The van der Waals surface area contributed by atoms with Crippen LogP contribution in [0.2, 0.25) is 0 Å². The Hall–Kier alpha value is -2.18. The minimum absolute atomic E-state index is 0.103. The monoisotopic (exact) mass is 372 g/mol. The average molecular weight is 372 g/mol. The normalized spacial score (nSPS) is 15.2. The molecule has 138 valence electrons. The van der Waals surface area contributed by atoms with E-state index in [1.807, 2.05) is 30.3 Å². The highest BCUT2D eigenvalue weighted by Crippen LogP contribution is 2.22. The second-order valence-electron chi connectivity index (χ2n) is 6.48. The maximum absolute atomic E-state index is 12.4. The topological polar surface area (TPSA) is 66.5 Å². The molecule has 5 nitrogen and oxygen atoms in total. The SMILES string of the molecule is O=C1CCCCN1c1ccc(S(=O)(=O)NCCCc2ccccc2)cc1. The molecule has 1 N–H and O–H groups in total.